The third-order valence-corrected chi connectivity index (χ3v) is 6.12. The van der Waals surface area contributed by atoms with Gasteiger partial charge in [-0.05, 0) is 55.8 Å². The summed E-state index contributed by atoms with van der Waals surface area (Å²) in [5, 5.41) is 0. The lowest BCUT2D eigenvalue weighted by atomic mass is 10.1. The third-order valence-electron chi connectivity index (χ3n) is 6.12. The normalized spacial score (nSPS) is 14.0. The van der Waals surface area contributed by atoms with Crippen molar-refractivity contribution in [3.8, 4) is 11.4 Å². The zero-order valence-electron chi connectivity index (χ0n) is 19.4. The molecule has 0 atom stereocenters. The molecule has 34 heavy (non-hydrogen) atoms. The van der Waals surface area contributed by atoms with E-state index in [9.17, 15) is 4.79 Å². The van der Waals surface area contributed by atoms with Crippen molar-refractivity contribution in [2.75, 3.05) is 37.8 Å². The number of anilines is 1. The average Bonchev–Trinajstić information content (AvgIpc) is 3.53. The van der Waals surface area contributed by atoms with Crippen molar-refractivity contribution >= 4 is 22.7 Å². The number of carbonyl (C=O) groups is 1. The Morgan fingerprint density at radius 3 is 2.65 bits per heavy atom. The second-order valence-electron chi connectivity index (χ2n) is 8.31. The van der Waals surface area contributed by atoms with Crippen LogP contribution in [0.2, 0.25) is 0 Å². The van der Waals surface area contributed by atoms with Gasteiger partial charge in [-0.15, -0.1) is 0 Å². The largest absolute Gasteiger partial charge is 0.462 e. The molecule has 2 aromatic carbocycles. The fraction of sp³-hybridized carbons (Fsp3) is 0.346. The van der Waals surface area contributed by atoms with E-state index < -0.39 is 0 Å². The molecule has 8 nitrogen and oxygen atoms in total. The maximum absolute atomic E-state index is 12.3. The summed E-state index contributed by atoms with van der Waals surface area (Å²) in [7, 11) is 0. The number of nitrogens with zero attached hydrogens (tertiary/aromatic N) is 5. The summed E-state index contributed by atoms with van der Waals surface area (Å²) in [5.41, 5.74) is 4.56. The van der Waals surface area contributed by atoms with E-state index in [-0.39, 0.29) is 5.97 Å². The van der Waals surface area contributed by atoms with Gasteiger partial charge in [0.1, 0.15) is 5.82 Å². The first-order chi connectivity index (χ1) is 16.7. The Balaban J connectivity index is 1.46. The zero-order chi connectivity index (χ0) is 23.3. The number of hydrogen-bond donors (Lipinski definition) is 0. The number of esters is 1. The van der Waals surface area contributed by atoms with E-state index >= 15 is 0 Å². The molecule has 4 aromatic rings. The molecule has 0 aliphatic carbocycles. The molecule has 3 heterocycles. The van der Waals surface area contributed by atoms with Gasteiger partial charge in [0.15, 0.2) is 0 Å². The van der Waals surface area contributed by atoms with E-state index in [2.05, 4.69) is 43.3 Å². The summed E-state index contributed by atoms with van der Waals surface area (Å²) < 4.78 is 15.0. The zero-order valence-corrected chi connectivity index (χ0v) is 19.4. The van der Waals surface area contributed by atoms with Crippen LogP contribution in [0.25, 0.3) is 22.4 Å². The summed E-state index contributed by atoms with van der Waals surface area (Å²) in [6, 6.07) is 14.2. The highest BCUT2D eigenvalue weighted by Crippen LogP contribution is 2.28. The maximum atomic E-state index is 12.3. The molecule has 0 N–H and O–H groups in total. The van der Waals surface area contributed by atoms with Crippen LogP contribution in [0, 0.1) is 0 Å². The topological polar surface area (TPSA) is 74.4 Å². The van der Waals surface area contributed by atoms with Crippen LogP contribution in [0.5, 0.6) is 0 Å². The minimum atomic E-state index is -0.324. The van der Waals surface area contributed by atoms with Gasteiger partial charge in [-0.3, -0.25) is 0 Å². The predicted molar refractivity (Wildman–Crippen MR) is 131 cm³/mol. The van der Waals surface area contributed by atoms with Crippen LogP contribution < -0.4 is 4.90 Å². The van der Waals surface area contributed by atoms with Crippen LogP contribution in [0.3, 0.4) is 0 Å². The van der Waals surface area contributed by atoms with Crippen LogP contribution in [0.1, 0.15) is 23.7 Å². The number of fused-ring (bicyclic) bond motifs is 1. The van der Waals surface area contributed by atoms with Crippen molar-refractivity contribution < 1.29 is 14.3 Å². The van der Waals surface area contributed by atoms with Crippen LogP contribution in [0.4, 0.5) is 5.69 Å². The molecule has 2 aromatic heterocycles. The Morgan fingerprint density at radius 2 is 1.91 bits per heavy atom. The highest BCUT2D eigenvalue weighted by molar-refractivity contribution is 5.94. The Hall–Kier alpha value is -3.65. The van der Waals surface area contributed by atoms with Crippen molar-refractivity contribution in [3.05, 3.63) is 66.7 Å². The highest BCUT2D eigenvalue weighted by atomic mass is 16.5. The second-order valence-corrected chi connectivity index (χ2v) is 8.31. The molecule has 5 rings (SSSR count). The maximum Gasteiger partial charge on any atom is 0.338 e. The first-order valence-corrected chi connectivity index (χ1v) is 11.8. The monoisotopic (exact) mass is 459 g/mol. The summed E-state index contributed by atoms with van der Waals surface area (Å²) >= 11 is 0. The molecule has 1 aliphatic heterocycles. The highest BCUT2D eigenvalue weighted by Gasteiger charge is 2.17. The first kappa shape index (κ1) is 22.2. The number of imidazole rings is 2. The standard InChI is InChI=1S/C26H29N5O3/c1-2-34-26(32)21-6-9-24-23(18-21)28-25(31(24)12-3-11-29-13-10-27-19-29)20-4-7-22(8-5-20)30-14-16-33-17-15-30/h4-10,13,18-19H,2-3,11-12,14-17H2,1H3. The van der Waals surface area contributed by atoms with Crippen molar-refractivity contribution in [2.45, 2.75) is 26.4 Å². The van der Waals surface area contributed by atoms with Gasteiger partial charge in [0.05, 0.1) is 42.7 Å². The molecule has 1 saturated heterocycles. The van der Waals surface area contributed by atoms with Gasteiger partial charge >= 0.3 is 5.97 Å². The van der Waals surface area contributed by atoms with E-state index in [4.69, 9.17) is 14.5 Å². The van der Waals surface area contributed by atoms with Crippen molar-refractivity contribution in [1.82, 2.24) is 19.1 Å². The molecule has 0 amide bonds. The lowest BCUT2D eigenvalue weighted by Crippen LogP contribution is -2.36. The molecule has 0 bridgehead atoms. The van der Waals surface area contributed by atoms with Crippen LogP contribution in [-0.4, -0.2) is 58.0 Å². The number of aryl methyl sites for hydroxylation is 2. The quantitative estimate of drug-likeness (QED) is 0.371. The number of aromatic nitrogens is 4. The number of ether oxygens (including phenoxy) is 2. The SMILES string of the molecule is CCOC(=O)c1ccc2c(c1)nc(-c1ccc(N3CCOCC3)cc1)n2CCCn1ccnc1. The van der Waals surface area contributed by atoms with Crippen molar-refractivity contribution in [1.29, 1.82) is 0 Å². The minimum Gasteiger partial charge on any atom is -0.462 e. The molecule has 176 valence electrons. The van der Waals surface area contributed by atoms with Gasteiger partial charge < -0.3 is 23.5 Å². The van der Waals surface area contributed by atoms with Gasteiger partial charge in [0, 0.05) is 49.8 Å². The molecule has 0 unspecified atom stereocenters. The molecule has 0 radical (unpaired) electrons. The summed E-state index contributed by atoms with van der Waals surface area (Å²) in [4.78, 5) is 23.7. The minimum absolute atomic E-state index is 0.324. The van der Waals surface area contributed by atoms with Crippen LogP contribution >= 0.6 is 0 Å². The average molecular weight is 460 g/mol. The van der Waals surface area contributed by atoms with Gasteiger partial charge in [-0.25, -0.2) is 14.8 Å². The number of benzene rings is 2. The fourth-order valence-corrected chi connectivity index (χ4v) is 4.39. The lowest BCUT2D eigenvalue weighted by Gasteiger charge is -2.28. The Labute approximate surface area is 198 Å². The summed E-state index contributed by atoms with van der Waals surface area (Å²) in [6.45, 7) is 7.16. The Bertz CT molecular complexity index is 1240. The molecule has 0 saturated carbocycles. The van der Waals surface area contributed by atoms with E-state index in [1.165, 1.54) is 5.69 Å². The smallest absolute Gasteiger partial charge is 0.338 e. The van der Waals surface area contributed by atoms with E-state index in [0.29, 0.717) is 12.2 Å². The third kappa shape index (κ3) is 4.68. The van der Waals surface area contributed by atoms with Gasteiger partial charge in [0.2, 0.25) is 0 Å². The molecular formula is C26H29N5O3. The molecule has 0 spiro atoms. The molecule has 8 heteroatoms. The van der Waals surface area contributed by atoms with Crippen LogP contribution in [-0.2, 0) is 22.6 Å². The van der Waals surface area contributed by atoms with E-state index in [0.717, 1.165) is 68.2 Å². The van der Waals surface area contributed by atoms with E-state index in [1.807, 2.05) is 37.6 Å². The van der Waals surface area contributed by atoms with Gasteiger partial charge in [-0.1, -0.05) is 0 Å². The first-order valence-electron chi connectivity index (χ1n) is 11.8. The Kier molecular flexibility index (Phi) is 6.58. The molecule has 1 fully saturated rings. The number of rotatable bonds is 8. The fourth-order valence-electron chi connectivity index (χ4n) is 4.39. The van der Waals surface area contributed by atoms with E-state index in [1.54, 1.807) is 6.20 Å². The van der Waals surface area contributed by atoms with Gasteiger partial charge in [0.25, 0.3) is 0 Å². The predicted octanol–water partition coefficient (Wildman–Crippen LogP) is 4.00. The lowest BCUT2D eigenvalue weighted by molar-refractivity contribution is 0.0526. The van der Waals surface area contributed by atoms with Crippen LogP contribution in [0.15, 0.2) is 61.2 Å². The summed E-state index contributed by atoms with van der Waals surface area (Å²) in [5.74, 6) is 0.575. The molecule has 1 aliphatic rings. The molecular weight excluding hydrogens is 430 g/mol. The van der Waals surface area contributed by atoms with Crippen molar-refractivity contribution in [3.63, 3.8) is 0 Å². The van der Waals surface area contributed by atoms with Crippen molar-refractivity contribution in [2.24, 2.45) is 0 Å². The number of carbonyl (C=O) groups excluding carboxylic acids is 1. The second kappa shape index (κ2) is 10.1. The number of hydrogen-bond acceptors (Lipinski definition) is 6. The summed E-state index contributed by atoms with van der Waals surface area (Å²) in [6.07, 6.45) is 6.54. The Morgan fingerprint density at radius 1 is 1.09 bits per heavy atom. The van der Waals surface area contributed by atoms with Gasteiger partial charge in [-0.2, -0.15) is 0 Å². The number of morpholine rings is 1.